The van der Waals surface area contributed by atoms with Crippen LogP contribution in [0, 0.1) is 17.2 Å². The van der Waals surface area contributed by atoms with Gasteiger partial charge in [0, 0.05) is 26.1 Å². The van der Waals surface area contributed by atoms with Gasteiger partial charge in [0.05, 0.1) is 0 Å². The molecule has 0 spiro atoms. The van der Waals surface area contributed by atoms with Crippen molar-refractivity contribution < 1.29 is 9.21 Å². The summed E-state index contributed by atoms with van der Waals surface area (Å²) >= 11 is 0. The summed E-state index contributed by atoms with van der Waals surface area (Å²) in [5.74, 6) is 0.957. The maximum Gasteiger partial charge on any atom is 0.332 e. The maximum atomic E-state index is 12.7. The first-order chi connectivity index (χ1) is 12.3. The SMILES string of the molecule is C[C@H]1C[C@H]1c1ccc(/C=C(\C#N)C(=O)c2c(N)n(C)c(=O)n(C)c2=O)o1. The molecule has 1 aliphatic carbocycles. The summed E-state index contributed by atoms with van der Waals surface area (Å²) in [7, 11) is 2.59. The van der Waals surface area contributed by atoms with Crippen molar-refractivity contribution in [3.8, 4) is 6.07 Å². The van der Waals surface area contributed by atoms with E-state index in [1.807, 2.05) is 6.07 Å². The number of nitrogens with zero attached hydrogens (tertiary/aromatic N) is 3. The lowest BCUT2D eigenvalue weighted by molar-refractivity contribution is 0.103. The molecule has 1 aliphatic rings. The molecule has 8 nitrogen and oxygen atoms in total. The number of allylic oxidation sites excluding steroid dienone is 1. The Kier molecular flexibility index (Phi) is 4.16. The van der Waals surface area contributed by atoms with Gasteiger partial charge in [0.1, 0.15) is 34.5 Å². The summed E-state index contributed by atoms with van der Waals surface area (Å²) in [5, 5.41) is 9.37. The molecule has 0 aromatic carbocycles. The van der Waals surface area contributed by atoms with E-state index < -0.39 is 22.6 Å². The molecule has 134 valence electrons. The van der Waals surface area contributed by atoms with E-state index in [2.05, 4.69) is 6.92 Å². The number of aromatic nitrogens is 2. The van der Waals surface area contributed by atoms with Crippen LogP contribution in [-0.2, 0) is 14.1 Å². The third-order valence-corrected chi connectivity index (χ3v) is 4.71. The van der Waals surface area contributed by atoms with Crippen molar-refractivity contribution in [1.82, 2.24) is 9.13 Å². The van der Waals surface area contributed by atoms with Gasteiger partial charge in [0.15, 0.2) is 0 Å². The second kappa shape index (κ2) is 6.19. The predicted molar refractivity (Wildman–Crippen MR) is 94.5 cm³/mol. The number of anilines is 1. The molecular formula is C18H18N4O4. The molecule has 26 heavy (non-hydrogen) atoms. The fourth-order valence-corrected chi connectivity index (χ4v) is 2.86. The average molecular weight is 354 g/mol. The van der Waals surface area contributed by atoms with E-state index in [0.29, 0.717) is 17.6 Å². The highest BCUT2D eigenvalue weighted by Gasteiger charge is 2.36. The van der Waals surface area contributed by atoms with Gasteiger partial charge in [0.2, 0.25) is 5.78 Å². The molecule has 2 N–H and O–H groups in total. The summed E-state index contributed by atoms with van der Waals surface area (Å²) in [5.41, 5.74) is 3.57. The second-order valence-corrected chi connectivity index (χ2v) is 6.52. The number of ketones is 1. The number of Topliss-reactive ketones (excluding diaryl/α,β-unsaturated/α-hetero) is 1. The van der Waals surface area contributed by atoms with Crippen molar-refractivity contribution in [3.05, 3.63) is 55.6 Å². The summed E-state index contributed by atoms with van der Waals surface area (Å²) in [6.07, 6.45) is 2.33. The zero-order valence-electron chi connectivity index (χ0n) is 14.6. The molecule has 0 radical (unpaired) electrons. The van der Waals surface area contributed by atoms with E-state index in [4.69, 9.17) is 10.2 Å². The minimum absolute atomic E-state index is 0.281. The van der Waals surface area contributed by atoms with Crippen LogP contribution in [-0.4, -0.2) is 14.9 Å². The van der Waals surface area contributed by atoms with E-state index in [0.717, 1.165) is 21.3 Å². The highest BCUT2D eigenvalue weighted by molar-refractivity contribution is 6.15. The largest absolute Gasteiger partial charge is 0.461 e. The van der Waals surface area contributed by atoms with Gasteiger partial charge in [-0.15, -0.1) is 0 Å². The summed E-state index contributed by atoms with van der Waals surface area (Å²) in [4.78, 5) is 36.9. The maximum absolute atomic E-state index is 12.7. The van der Waals surface area contributed by atoms with Gasteiger partial charge in [-0.1, -0.05) is 6.92 Å². The highest BCUT2D eigenvalue weighted by Crippen LogP contribution is 2.47. The monoisotopic (exact) mass is 354 g/mol. The molecule has 2 heterocycles. The number of carbonyl (C=O) groups excluding carboxylic acids is 1. The standard InChI is InChI=1S/C18H18N4O4/c1-9-6-12(9)13-5-4-11(26-13)7-10(8-19)15(23)14-16(20)21(2)18(25)22(3)17(14)24/h4-5,7,9,12H,6,20H2,1-3H3/b10-7+/t9-,12+/m0/s1. The molecule has 1 saturated carbocycles. The van der Waals surface area contributed by atoms with Crippen LogP contribution < -0.4 is 17.0 Å². The van der Waals surface area contributed by atoms with Gasteiger partial charge in [-0.2, -0.15) is 5.26 Å². The summed E-state index contributed by atoms with van der Waals surface area (Å²) in [6.45, 7) is 2.12. The summed E-state index contributed by atoms with van der Waals surface area (Å²) in [6, 6.07) is 5.27. The van der Waals surface area contributed by atoms with Crippen LogP contribution in [0.5, 0.6) is 0 Å². The first-order valence-corrected chi connectivity index (χ1v) is 8.08. The van der Waals surface area contributed by atoms with E-state index in [-0.39, 0.29) is 11.4 Å². The average Bonchev–Trinajstić information content (AvgIpc) is 3.17. The Morgan fingerprint density at radius 3 is 2.58 bits per heavy atom. The zero-order chi connectivity index (χ0) is 19.2. The fourth-order valence-electron chi connectivity index (χ4n) is 2.86. The van der Waals surface area contributed by atoms with Gasteiger partial charge < -0.3 is 10.2 Å². The molecular weight excluding hydrogens is 336 g/mol. The van der Waals surface area contributed by atoms with Crippen LogP contribution in [0.15, 0.2) is 31.7 Å². The smallest absolute Gasteiger partial charge is 0.332 e. The zero-order valence-corrected chi connectivity index (χ0v) is 14.6. The number of carbonyl (C=O) groups is 1. The lowest BCUT2D eigenvalue weighted by Gasteiger charge is -2.10. The van der Waals surface area contributed by atoms with E-state index >= 15 is 0 Å². The van der Waals surface area contributed by atoms with Crippen molar-refractivity contribution >= 4 is 17.7 Å². The van der Waals surface area contributed by atoms with Gasteiger partial charge in [-0.05, 0) is 24.5 Å². The number of nitrogens with two attached hydrogens (primary N) is 1. The molecule has 3 rings (SSSR count). The van der Waals surface area contributed by atoms with Gasteiger partial charge >= 0.3 is 5.69 Å². The first-order valence-electron chi connectivity index (χ1n) is 8.08. The van der Waals surface area contributed by atoms with Crippen molar-refractivity contribution in [3.63, 3.8) is 0 Å². The van der Waals surface area contributed by atoms with Crippen LogP contribution in [0.25, 0.3) is 6.08 Å². The number of furan rings is 1. The van der Waals surface area contributed by atoms with Crippen molar-refractivity contribution in [2.75, 3.05) is 5.73 Å². The van der Waals surface area contributed by atoms with Crippen molar-refractivity contribution in [2.45, 2.75) is 19.3 Å². The number of nitriles is 1. The number of rotatable bonds is 4. The van der Waals surface area contributed by atoms with Gasteiger partial charge in [-0.3, -0.25) is 18.7 Å². The molecule has 0 saturated heterocycles. The molecule has 0 unspecified atom stereocenters. The Morgan fingerprint density at radius 2 is 2.00 bits per heavy atom. The molecule has 0 aliphatic heterocycles. The third kappa shape index (κ3) is 2.77. The van der Waals surface area contributed by atoms with E-state index in [1.165, 1.54) is 20.2 Å². The van der Waals surface area contributed by atoms with Gasteiger partial charge in [0.25, 0.3) is 5.56 Å². The van der Waals surface area contributed by atoms with E-state index in [9.17, 15) is 19.6 Å². The Balaban J connectivity index is 2.03. The van der Waals surface area contributed by atoms with Crippen LogP contribution >= 0.6 is 0 Å². The van der Waals surface area contributed by atoms with Gasteiger partial charge in [-0.25, -0.2) is 4.79 Å². The highest BCUT2D eigenvalue weighted by atomic mass is 16.3. The molecule has 2 atom stereocenters. The van der Waals surface area contributed by atoms with Crippen LogP contribution in [0.2, 0.25) is 0 Å². The predicted octanol–water partition coefficient (Wildman–Crippen LogP) is 1.17. The lowest BCUT2D eigenvalue weighted by Crippen LogP contribution is -2.41. The third-order valence-electron chi connectivity index (χ3n) is 4.71. The molecule has 8 heteroatoms. The van der Waals surface area contributed by atoms with Crippen LogP contribution in [0.4, 0.5) is 5.82 Å². The Morgan fingerprint density at radius 1 is 1.35 bits per heavy atom. The molecule has 0 bridgehead atoms. The first kappa shape index (κ1) is 17.5. The summed E-state index contributed by atoms with van der Waals surface area (Å²) < 4.78 is 7.44. The molecule has 2 aromatic heterocycles. The minimum atomic E-state index is -0.848. The topological polar surface area (TPSA) is 124 Å². The molecule has 2 aromatic rings. The van der Waals surface area contributed by atoms with E-state index in [1.54, 1.807) is 12.1 Å². The van der Waals surface area contributed by atoms with Crippen molar-refractivity contribution in [1.29, 1.82) is 5.26 Å². The fraction of sp³-hybridized carbons (Fsp3) is 0.333. The molecule has 0 amide bonds. The molecule has 1 fully saturated rings. The Hall–Kier alpha value is -3.34. The lowest BCUT2D eigenvalue weighted by atomic mass is 10.1. The second-order valence-electron chi connectivity index (χ2n) is 6.52. The minimum Gasteiger partial charge on any atom is -0.461 e. The van der Waals surface area contributed by atoms with Crippen LogP contribution in [0.3, 0.4) is 0 Å². The van der Waals surface area contributed by atoms with Crippen LogP contribution in [0.1, 0.15) is 41.1 Å². The number of hydrogen-bond donors (Lipinski definition) is 1. The number of hydrogen-bond acceptors (Lipinski definition) is 6. The number of nitrogen functional groups attached to an aromatic ring is 1. The van der Waals surface area contributed by atoms with Crippen molar-refractivity contribution in [2.24, 2.45) is 20.0 Å². The quantitative estimate of drug-likeness (QED) is 0.499. The normalized spacial score (nSPS) is 19.2. The Bertz CT molecular complexity index is 1090. The Labute approximate surface area is 148 Å².